The Balaban J connectivity index is 1.74. The summed E-state index contributed by atoms with van der Waals surface area (Å²) >= 11 is 0. The standard InChI is InChI=1S/C23H22N2O4/c24-19(13-15-6-2-1-3-7-15)21(26)22(27)25-20(23(28)29)14-16-10-11-17-8-4-5-9-18(17)12-16/h1-12,14,19,21,26H,13,24H2,(H,25,27)(H,28,29)/b20-14+. The lowest BCUT2D eigenvalue weighted by Gasteiger charge is -2.18. The van der Waals surface area contributed by atoms with Gasteiger partial charge in [0.1, 0.15) is 11.8 Å². The van der Waals surface area contributed by atoms with E-state index >= 15 is 0 Å². The van der Waals surface area contributed by atoms with Crippen molar-refractivity contribution in [2.24, 2.45) is 5.73 Å². The average Bonchev–Trinajstić information content (AvgIpc) is 2.73. The maximum absolute atomic E-state index is 12.3. The highest BCUT2D eigenvalue weighted by Crippen LogP contribution is 2.17. The van der Waals surface area contributed by atoms with Crippen molar-refractivity contribution < 1.29 is 19.8 Å². The average molecular weight is 390 g/mol. The fourth-order valence-corrected chi connectivity index (χ4v) is 3.01. The molecule has 29 heavy (non-hydrogen) atoms. The van der Waals surface area contributed by atoms with Gasteiger partial charge in [0.15, 0.2) is 0 Å². The summed E-state index contributed by atoms with van der Waals surface area (Å²) in [6, 6.07) is 21.5. The zero-order valence-electron chi connectivity index (χ0n) is 15.7. The molecule has 3 rings (SSSR count). The summed E-state index contributed by atoms with van der Waals surface area (Å²) < 4.78 is 0. The summed E-state index contributed by atoms with van der Waals surface area (Å²) in [4.78, 5) is 23.9. The molecule has 2 unspecified atom stereocenters. The van der Waals surface area contributed by atoms with E-state index in [1.165, 1.54) is 6.08 Å². The van der Waals surface area contributed by atoms with Gasteiger partial charge in [-0.3, -0.25) is 4.79 Å². The van der Waals surface area contributed by atoms with Gasteiger partial charge in [-0.1, -0.05) is 66.7 Å². The van der Waals surface area contributed by atoms with E-state index in [9.17, 15) is 19.8 Å². The predicted molar refractivity (Wildman–Crippen MR) is 112 cm³/mol. The van der Waals surface area contributed by atoms with E-state index in [-0.39, 0.29) is 12.1 Å². The molecular weight excluding hydrogens is 368 g/mol. The van der Waals surface area contributed by atoms with Crippen LogP contribution in [0, 0.1) is 0 Å². The molecule has 6 heteroatoms. The number of carboxylic acid groups (broad SMARTS) is 1. The zero-order chi connectivity index (χ0) is 20.8. The minimum atomic E-state index is -1.55. The van der Waals surface area contributed by atoms with Crippen LogP contribution in [-0.2, 0) is 16.0 Å². The monoisotopic (exact) mass is 390 g/mol. The zero-order valence-corrected chi connectivity index (χ0v) is 15.7. The molecule has 0 saturated heterocycles. The Morgan fingerprint density at radius 2 is 1.62 bits per heavy atom. The highest BCUT2D eigenvalue weighted by molar-refractivity contribution is 5.98. The molecule has 0 radical (unpaired) electrons. The Hall–Kier alpha value is -3.48. The number of carbonyl (C=O) groups excluding carboxylic acids is 1. The quantitative estimate of drug-likeness (QED) is 0.463. The molecule has 0 aliphatic rings. The number of hydrogen-bond donors (Lipinski definition) is 4. The lowest BCUT2D eigenvalue weighted by atomic mass is 10.0. The van der Waals surface area contributed by atoms with Crippen molar-refractivity contribution in [2.45, 2.75) is 18.6 Å². The number of fused-ring (bicyclic) bond motifs is 1. The van der Waals surface area contributed by atoms with Gasteiger partial charge in [-0.15, -0.1) is 0 Å². The Morgan fingerprint density at radius 3 is 2.31 bits per heavy atom. The molecule has 0 heterocycles. The number of aliphatic hydroxyl groups excluding tert-OH is 1. The summed E-state index contributed by atoms with van der Waals surface area (Å²) in [5.74, 6) is -2.17. The summed E-state index contributed by atoms with van der Waals surface area (Å²) in [5.41, 5.74) is 7.09. The predicted octanol–water partition coefficient (Wildman–Crippen LogP) is 2.31. The topological polar surface area (TPSA) is 113 Å². The lowest BCUT2D eigenvalue weighted by Crippen LogP contribution is -2.47. The number of benzene rings is 3. The van der Waals surface area contributed by atoms with Crippen molar-refractivity contribution in [1.29, 1.82) is 0 Å². The van der Waals surface area contributed by atoms with Crippen LogP contribution in [0.15, 0.2) is 78.5 Å². The molecule has 5 N–H and O–H groups in total. The highest BCUT2D eigenvalue weighted by Gasteiger charge is 2.25. The van der Waals surface area contributed by atoms with Crippen LogP contribution in [-0.4, -0.2) is 34.2 Å². The lowest BCUT2D eigenvalue weighted by molar-refractivity contribution is -0.136. The van der Waals surface area contributed by atoms with Gasteiger partial charge in [0.2, 0.25) is 0 Å². The minimum Gasteiger partial charge on any atom is -0.477 e. The number of aliphatic carboxylic acids is 1. The molecule has 6 nitrogen and oxygen atoms in total. The number of amides is 1. The first-order valence-corrected chi connectivity index (χ1v) is 9.16. The largest absolute Gasteiger partial charge is 0.477 e. The fourth-order valence-electron chi connectivity index (χ4n) is 3.01. The molecule has 3 aromatic carbocycles. The third-order valence-corrected chi connectivity index (χ3v) is 4.56. The summed E-state index contributed by atoms with van der Waals surface area (Å²) in [6.45, 7) is 0. The number of carbonyl (C=O) groups is 2. The number of carboxylic acids is 1. The molecule has 0 saturated carbocycles. The molecule has 0 aliphatic heterocycles. The third-order valence-electron chi connectivity index (χ3n) is 4.56. The van der Waals surface area contributed by atoms with Crippen LogP contribution >= 0.6 is 0 Å². The molecule has 1 amide bonds. The number of nitrogens with one attached hydrogen (secondary N) is 1. The molecule has 0 spiro atoms. The normalized spacial score (nSPS) is 13.7. The second-order valence-corrected chi connectivity index (χ2v) is 6.76. The molecule has 0 fully saturated rings. The molecule has 0 aromatic heterocycles. The van der Waals surface area contributed by atoms with Crippen LogP contribution < -0.4 is 11.1 Å². The highest BCUT2D eigenvalue weighted by atomic mass is 16.4. The van der Waals surface area contributed by atoms with Crippen LogP contribution in [0.1, 0.15) is 11.1 Å². The van der Waals surface area contributed by atoms with Gasteiger partial charge in [-0.25, -0.2) is 4.79 Å². The van der Waals surface area contributed by atoms with Gasteiger partial charge in [0, 0.05) is 6.04 Å². The van der Waals surface area contributed by atoms with E-state index in [0.717, 1.165) is 16.3 Å². The molecular formula is C23H22N2O4. The Bertz CT molecular complexity index is 1050. The molecule has 148 valence electrons. The Kier molecular flexibility index (Phi) is 6.39. The van der Waals surface area contributed by atoms with E-state index in [2.05, 4.69) is 5.32 Å². The van der Waals surface area contributed by atoms with Gasteiger partial charge in [-0.2, -0.15) is 0 Å². The first kappa shape index (κ1) is 20.3. The Labute approximate surface area is 168 Å². The number of nitrogens with two attached hydrogens (primary N) is 1. The molecule has 0 bridgehead atoms. The van der Waals surface area contributed by atoms with Crippen LogP contribution in [0.4, 0.5) is 0 Å². The first-order valence-electron chi connectivity index (χ1n) is 9.16. The van der Waals surface area contributed by atoms with Crippen molar-refractivity contribution >= 4 is 28.7 Å². The van der Waals surface area contributed by atoms with Crippen molar-refractivity contribution in [3.05, 3.63) is 89.6 Å². The number of hydrogen-bond acceptors (Lipinski definition) is 4. The van der Waals surface area contributed by atoms with E-state index in [1.807, 2.05) is 66.7 Å². The van der Waals surface area contributed by atoms with Crippen LogP contribution in [0.25, 0.3) is 16.8 Å². The smallest absolute Gasteiger partial charge is 0.352 e. The SMILES string of the molecule is NC(Cc1ccccc1)C(O)C(=O)N/C(=C/c1ccc2ccccc2c1)C(=O)O. The van der Waals surface area contributed by atoms with E-state index in [0.29, 0.717) is 5.56 Å². The minimum absolute atomic E-state index is 0.284. The van der Waals surface area contributed by atoms with E-state index < -0.39 is 24.0 Å². The van der Waals surface area contributed by atoms with Crippen molar-refractivity contribution in [2.75, 3.05) is 0 Å². The van der Waals surface area contributed by atoms with Crippen molar-refractivity contribution in [3.8, 4) is 0 Å². The fraction of sp³-hybridized carbons (Fsp3) is 0.130. The van der Waals surface area contributed by atoms with Gasteiger partial charge >= 0.3 is 5.97 Å². The van der Waals surface area contributed by atoms with Crippen LogP contribution in [0.2, 0.25) is 0 Å². The molecule has 2 atom stereocenters. The number of aliphatic hydroxyl groups is 1. The van der Waals surface area contributed by atoms with Crippen LogP contribution in [0.3, 0.4) is 0 Å². The second kappa shape index (κ2) is 9.14. The molecule has 0 aliphatic carbocycles. The molecule has 3 aromatic rings. The van der Waals surface area contributed by atoms with E-state index in [4.69, 9.17) is 5.73 Å². The third kappa shape index (κ3) is 5.28. The van der Waals surface area contributed by atoms with Gasteiger partial charge in [-0.05, 0) is 40.5 Å². The maximum atomic E-state index is 12.3. The summed E-state index contributed by atoms with van der Waals surface area (Å²) in [7, 11) is 0. The summed E-state index contributed by atoms with van der Waals surface area (Å²) in [6.07, 6.45) is 0.0866. The van der Waals surface area contributed by atoms with Crippen molar-refractivity contribution in [3.63, 3.8) is 0 Å². The van der Waals surface area contributed by atoms with Gasteiger partial charge in [0.05, 0.1) is 0 Å². The second-order valence-electron chi connectivity index (χ2n) is 6.76. The maximum Gasteiger partial charge on any atom is 0.352 e. The van der Waals surface area contributed by atoms with Gasteiger partial charge < -0.3 is 21.3 Å². The summed E-state index contributed by atoms with van der Waals surface area (Å²) in [5, 5.41) is 23.9. The van der Waals surface area contributed by atoms with Crippen molar-refractivity contribution in [1.82, 2.24) is 5.32 Å². The first-order chi connectivity index (χ1) is 13.9. The van der Waals surface area contributed by atoms with Gasteiger partial charge in [0.25, 0.3) is 5.91 Å². The number of rotatable bonds is 7. The van der Waals surface area contributed by atoms with Crippen LogP contribution in [0.5, 0.6) is 0 Å². The van der Waals surface area contributed by atoms with E-state index in [1.54, 1.807) is 6.07 Å². The Morgan fingerprint density at radius 1 is 0.966 bits per heavy atom.